The molecule has 4 nitrogen and oxygen atoms in total. The Kier molecular flexibility index (Phi) is 4.33. The van der Waals surface area contributed by atoms with Gasteiger partial charge in [-0.05, 0) is 36.6 Å². The quantitative estimate of drug-likeness (QED) is 0.881. The minimum atomic E-state index is -0.358. The van der Waals surface area contributed by atoms with Crippen molar-refractivity contribution < 1.29 is 9.18 Å². The lowest BCUT2D eigenvalue weighted by Crippen LogP contribution is -2.13. The van der Waals surface area contributed by atoms with Crippen LogP contribution < -0.4 is 5.32 Å². The van der Waals surface area contributed by atoms with Crippen LogP contribution in [0.5, 0.6) is 0 Å². The number of rotatable bonds is 3. The lowest BCUT2D eigenvalue weighted by atomic mass is 10.2. The van der Waals surface area contributed by atoms with E-state index in [9.17, 15) is 9.18 Å². The number of halogens is 1. The average Bonchev–Trinajstić information content (AvgIpc) is 2.49. The monoisotopic (exact) mass is 287 g/mol. The molecule has 0 aliphatic carbocycles. The van der Waals surface area contributed by atoms with E-state index >= 15 is 0 Å². The van der Waals surface area contributed by atoms with E-state index in [2.05, 4.69) is 10.3 Å². The van der Waals surface area contributed by atoms with Gasteiger partial charge in [0.1, 0.15) is 17.6 Å². The third-order valence-electron chi connectivity index (χ3n) is 2.55. The van der Waals surface area contributed by atoms with E-state index in [0.717, 1.165) is 0 Å². The molecule has 0 saturated carbocycles. The van der Waals surface area contributed by atoms with Crippen LogP contribution in [0.15, 0.2) is 41.4 Å². The molecular formula is C14H10FN3OS. The number of carbonyl (C=O) groups excluding carboxylic acids is 1. The summed E-state index contributed by atoms with van der Waals surface area (Å²) in [6.07, 6.45) is 3.13. The summed E-state index contributed by atoms with van der Waals surface area (Å²) in [5, 5.41) is 11.3. The van der Waals surface area contributed by atoms with Gasteiger partial charge in [-0.1, -0.05) is 0 Å². The zero-order valence-corrected chi connectivity index (χ0v) is 11.4. The van der Waals surface area contributed by atoms with E-state index in [0.29, 0.717) is 16.1 Å². The molecule has 0 bridgehead atoms. The van der Waals surface area contributed by atoms with E-state index in [1.165, 1.54) is 48.3 Å². The van der Waals surface area contributed by atoms with Gasteiger partial charge < -0.3 is 5.32 Å². The van der Waals surface area contributed by atoms with Crippen LogP contribution in [0.25, 0.3) is 0 Å². The molecule has 1 aromatic carbocycles. The van der Waals surface area contributed by atoms with Crippen LogP contribution in [0.1, 0.15) is 16.1 Å². The van der Waals surface area contributed by atoms with Crippen LogP contribution in [0, 0.1) is 17.1 Å². The van der Waals surface area contributed by atoms with E-state index in [4.69, 9.17) is 5.26 Å². The lowest BCUT2D eigenvalue weighted by Gasteiger charge is -2.09. The number of anilines is 1. The van der Waals surface area contributed by atoms with Crippen LogP contribution in [-0.4, -0.2) is 17.1 Å². The van der Waals surface area contributed by atoms with Gasteiger partial charge in [-0.3, -0.25) is 4.79 Å². The van der Waals surface area contributed by atoms with Crippen LogP contribution in [0.2, 0.25) is 0 Å². The first kappa shape index (κ1) is 14.0. The van der Waals surface area contributed by atoms with Gasteiger partial charge >= 0.3 is 0 Å². The van der Waals surface area contributed by atoms with Crippen LogP contribution in [0.3, 0.4) is 0 Å². The smallest absolute Gasteiger partial charge is 0.257 e. The van der Waals surface area contributed by atoms with Gasteiger partial charge in [-0.2, -0.15) is 5.26 Å². The molecule has 1 heterocycles. The van der Waals surface area contributed by atoms with Gasteiger partial charge in [0.15, 0.2) is 0 Å². The largest absolute Gasteiger partial charge is 0.321 e. The summed E-state index contributed by atoms with van der Waals surface area (Å²) in [7, 11) is 0. The SMILES string of the molecule is CSc1cc(F)ccc1NC(=O)c1ccc(C#N)nc1. The summed E-state index contributed by atoms with van der Waals surface area (Å²) in [4.78, 5) is 16.5. The first-order chi connectivity index (χ1) is 9.63. The lowest BCUT2D eigenvalue weighted by molar-refractivity contribution is 0.102. The van der Waals surface area contributed by atoms with Crippen molar-refractivity contribution in [2.24, 2.45) is 0 Å². The first-order valence-electron chi connectivity index (χ1n) is 5.65. The van der Waals surface area contributed by atoms with Crippen molar-refractivity contribution >= 4 is 23.4 Å². The van der Waals surface area contributed by atoms with E-state index in [1.807, 2.05) is 6.07 Å². The summed E-state index contributed by atoms with van der Waals surface area (Å²) in [5.74, 6) is -0.712. The van der Waals surface area contributed by atoms with Gasteiger partial charge in [0, 0.05) is 11.1 Å². The molecule has 1 aromatic heterocycles. The predicted octanol–water partition coefficient (Wildman–Crippen LogP) is 3.07. The Hall–Kier alpha value is -2.39. The second-order valence-electron chi connectivity index (χ2n) is 3.84. The van der Waals surface area contributed by atoms with Crippen molar-refractivity contribution in [1.29, 1.82) is 5.26 Å². The summed E-state index contributed by atoms with van der Waals surface area (Å²) >= 11 is 1.34. The number of nitrogens with zero attached hydrogens (tertiary/aromatic N) is 2. The molecule has 20 heavy (non-hydrogen) atoms. The fourth-order valence-electron chi connectivity index (χ4n) is 1.56. The second-order valence-corrected chi connectivity index (χ2v) is 4.69. The molecule has 0 spiro atoms. The maximum absolute atomic E-state index is 13.1. The number of nitriles is 1. The number of aromatic nitrogens is 1. The summed E-state index contributed by atoms with van der Waals surface area (Å²) < 4.78 is 13.1. The van der Waals surface area contributed by atoms with E-state index in [1.54, 1.807) is 6.26 Å². The maximum atomic E-state index is 13.1. The van der Waals surface area contributed by atoms with Gasteiger partial charge in [-0.25, -0.2) is 9.37 Å². The number of nitrogens with one attached hydrogen (secondary N) is 1. The topological polar surface area (TPSA) is 65.8 Å². The van der Waals surface area contributed by atoms with Crippen LogP contribution in [0.4, 0.5) is 10.1 Å². The molecule has 0 aliphatic rings. The fourth-order valence-corrected chi connectivity index (χ4v) is 2.13. The Morgan fingerprint density at radius 1 is 1.40 bits per heavy atom. The maximum Gasteiger partial charge on any atom is 0.257 e. The molecule has 1 amide bonds. The van der Waals surface area contributed by atoms with Crippen molar-refractivity contribution in [2.75, 3.05) is 11.6 Å². The molecule has 2 rings (SSSR count). The molecule has 2 aromatic rings. The summed E-state index contributed by atoms with van der Waals surface area (Å²) in [6.45, 7) is 0. The standard InChI is InChI=1S/C14H10FN3OS/c1-20-13-6-10(15)3-5-12(13)18-14(19)9-2-4-11(7-16)17-8-9/h2-6,8H,1H3,(H,18,19). The van der Waals surface area contributed by atoms with Gasteiger partial charge in [0.05, 0.1) is 11.3 Å². The molecule has 0 unspecified atom stereocenters. The molecule has 0 atom stereocenters. The highest BCUT2D eigenvalue weighted by Crippen LogP contribution is 2.26. The van der Waals surface area contributed by atoms with Crippen molar-refractivity contribution in [3.8, 4) is 6.07 Å². The summed E-state index contributed by atoms with van der Waals surface area (Å²) in [6, 6.07) is 9.02. The van der Waals surface area contributed by atoms with Crippen LogP contribution in [-0.2, 0) is 0 Å². The molecule has 0 aliphatic heterocycles. The summed E-state index contributed by atoms with van der Waals surface area (Å²) in [5.41, 5.74) is 1.11. The highest BCUT2D eigenvalue weighted by Gasteiger charge is 2.10. The number of hydrogen-bond acceptors (Lipinski definition) is 4. The predicted molar refractivity (Wildman–Crippen MR) is 75.1 cm³/mol. The highest BCUT2D eigenvalue weighted by molar-refractivity contribution is 7.98. The number of hydrogen-bond donors (Lipinski definition) is 1. The number of carbonyl (C=O) groups is 1. The molecule has 0 fully saturated rings. The third kappa shape index (κ3) is 3.13. The zero-order valence-electron chi connectivity index (χ0n) is 10.6. The number of benzene rings is 1. The third-order valence-corrected chi connectivity index (χ3v) is 3.33. The van der Waals surface area contributed by atoms with E-state index < -0.39 is 0 Å². The number of thioether (sulfide) groups is 1. The molecular weight excluding hydrogens is 277 g/mol. The molecule has 0 saturated heterocycles. The molecule has 100 valence electrons. The van der Waals surface area contributed by atoms with Gasteiger partial charge in [0.25, 0.3) is 5.91 Å². The normalized spacial score (nSPS) is 9.85. The van der Waals surface area contributed by atoms with Gasteiger partial charge in [0.2, 0.25) is 0 Å². The minimum absolute atomic E-state index is 0.244. The van der Waals surface area contributed by atoms with Crippen molar-refractivity contribution in [3.63, 3.8) is 0 Å². The fraction of sp³-hybridized carbons (Fsp3) is 0.0714. The van der Waals surface area contributed by atoms with E-state index in [-0.39, 0.29) is 17.4 Å². The first-order valence-corrected chi connectivity index (χ1v) is 6.87. The van der Waals surface area contributed by atoms with Gasteiger partial charge in [-0.15, -0.1) is 11.8 Å². The minimum Gasteiger partial charge on any atom is -0.321 e. The molecule has 0 radical (unpaired) electrons. The Morgan fingerprint density at radius 2 is 2.20 bits per heavy atom. The van der Waals surface area contributed by atoms with Crippen molar-refractivity contribution in [2.45, 2.75) is 4.90 Å². The number of amides is 1. The Morgan fingerprint density at radius 3 is 2.80 bits per heavy atom. The van der Waals surface area contributed by atoms with Crippen LogP contribution >= 0.6 is 11.8 Å². The van der Waals surface area contributed by atoms with Crippen molar-refractivity contribution in [1.82, 2.24) is 4.98 Å². The molecule has 6 heteroatoms. The molecule has 1 N–H and O–H groups in total. The Bertz CT molecular complexity index is 680. The highest BCUT2D eigenvalue weighted by atomic mass is 32.2. The van der Waals surface area contributed by atoms with Crippen molar-refractivity contribution in [3.05, 3.63) is 53.6 Å². The zero-order chi connectivity index (χ0) is 14.5. The second kappa shape index (κ2) is 6.17. The number of pyridine rings is 1. The average molecular weight is 287 g/mol. The Balaban J connectivity index is 2.21. The Labute approximate surface area is 119 Å².